The fourth-order valence-electron chi connectivity index (χ4n) is 4.15. The van der Waals surface area contributed by atoms with Crippen molar-refractivity contribution in [3.05, 3.63) is 52.6 Å². The number of amides is 3. The van der Waals surface area contributed by atoms with Crippen LogP contribution in [0.1, 0.15) is 37.6 Å². The number of nitrogens with one attached hydrogen (secondary N) is 1. The third-order valence-corrected chi connectivity index (χ3v) is 6.16. The van der Waals surface area contributed by atoms with Crippen molar-refractivity contribution >= 4 is 35.0 Å². The monoisotopic (exact) mass is 475 g/mol. The summed E-state index contributed by atoms with van der Waals surface area (Å²) in [6.45, 7) is 6.55. The van der Waals surface area contributed by atoms with Crippen molar-refractivity contribution in [2.24, 2.45) is 5.41 Å². The molecule has 1 fully saturated rings. The van der Waals surface area contributed by atoms with Crippen molar-refractivity contribution in [2.45, 2.75) is 33.2 Å². The Kier molecular flexibility index (Phi) is 5.90. The average molecular weight is 476 g/mol. The SMILES string of the molecule is CC(C)(C)CC(=O)N1CCN2C(=O)c3cc(-c4cc(F)c(Cl)c(F)c4)ccc3NC(=O)C2C1. The zero-order chi connectivity index (χ0) is 24.1. The summed E-state index contributed by atoms with van der Waals surface area (Å²) >= 11 is 5.57. The average Bonchev–Trinajstić information content (AvgIpc) is 2.84. The molecule has 2 heterocycles. The Morgan fingerprint density at radius 2 is 1.76 bits per heavy atom. The maximum Gasteiger partial charge on any atom is 0.256 e. The zero-order valence-electron chi connectivity index (χ0n) is 18.5. The third kappa shape index (κ3) is 4.57. The van der Waals surface area contributed by atoms with Gasteiger partial charge in [-0.2, -0.15) is 0 Å². The van der Waals surface area contributed by atoms with Gasteiger partial charge in [-0.05, 0) is 40.8 Å². The lowest BCUT2D eigenvalue weighted by Gasteiger charge is -2.40. The van der Waals surface area contributed by atoms with Crippen LogP contribution in [-0.4, -0.2) is 53.2 Å². The van der Waals surface area contributed by atoms with E-state index in [0.717, 1.165) is 12.1 Å². The minimum absolute atomic E-state index is 0.0572. The largest absolute Gasteiger partial charge is 0.338 e. The summed E-state index contributed by atoms with van der Waals surface area (Å²) in [5, 5.41) is 2.16. The lowest BCUT2D eigenvalue weighted by molar-refractivity contribution is -0.137. The fraction of sp³-hybridized carbons (Fsp3) is 0.375. The molecule has 0 saturated carbocycles. The standard InChI is InChI=1S/C24H24ClF2N3O3/c1-24(2,3)11-20(31)29-6-7-30-19(12-29)22(32)28-18-5-4-13(8-15(18)23(30)33)14-9-16(26)21(25)17(27)10-14/h4-5,8-10,19H,6-7,11-12H2,1-3H3,(H,28,32). The summed E-state index contributed by atoms with van der Waals surface area (Å²) in [6.07, 6.45) is 0.340. The van der Waals surface area contributed by atoms with Gasteiger partial charge >= 0.3 is 0 Å². The molecule has 0 aliphatic carbocycles. The van der Waals surface area contributed by atoms with E-state index >= 15 is 0 Å². The van der Waals surface area contributed by atoms with Crippen LogP contribution in [0.2, 0.25) is 5.02 Å². The maximum atomic E-state index is 13.9. The molecule has 0 bridgehead atoms. The highest BCUT2D eigenvalue weighted by atomic mass is 35.5. The van der Waals surface area contributed by atoms with Crippen LogP contribution in [0.4, 0.5) is 14.5 Å². The molecule has 4 rings (SSSR count). The van der Waals surface area contributed by atoms with Gasteiger partial charge in [-0.3, -0.25) is 14.4 Å². The zero-order valence-corrected chi connectivity index (χ0v) is 19.3. The molecule has 2 aliphatic heterocycles. The molecule has 1 saturated heterocycles. The Bertz CT molecular complexity index is 1140. The quantitative estimate of drug-likeness (QED) is 0.657. The van der Waals surface area contributed by atoms with Gasteiger partial charge in [-0.1, -0.05) is 38.4 Å². The lowest BCUT2D eigenvalue weighted by Crippen LogP contribution is -2.59. The van der Waals surface area contributed by atoms with Gasteiger partial charge in [0.05, 0.1) is 17.8 Å². The van der Waals surface area contributed by atoms with E-state index in [1.807, 2.05) is 20.8 Å². The number of nitrogens with zero attached hydrogens (tertiary/aromatic N) is 2. The molecule has 0 radical (unpaired) electrons. The number of anilines is 1. The summed E-state index contributed by atoms with van der Waals surface area (Å²) in [7, 11) is 0. The van der Waals surface area contributed by atoms with E-state index in [1.165, 1.54) is 17.0 Å². The summed E-state index contributed by atoms with van der Waals surface area (Å²) in [4.78, 5) is 42.0. The first kappa shape index (κ1) is 23.2. The Hall–Kier alpha value is -3.00. The van der Waals surface area contributed by atoms with Gasteiger partial charge in [0.1, 0.15) is 22.7 Å². The normalized spacial score (nSPS) is 18.4. The van der Waals surface area contributed by atoms with Crippen LogP contribution in [0.3, 0.4) is 0 Å². The number of carbonyl (C=O) groups excluding carboxylic acids is 3. The summed E-state index contributed by atoms with van der Waals surface area (Å²) in [6, 6.07) is 5.96. The number of halogens is 3. The van der Waals surface area contributed by atoms with E-state index in [9.17, 15) is 23.2 Å². The van der Waals surface area contributed by atoms with E-state index < -0.39 is 22.7 Å². The van der Waals surface area contributed by atoms with E-state index in [2.05, 4.69) is 5.32 Å². The summed E-state index contributed by atoms with van der Waals surface area (Å²) in [5.74, 6) is -2.63. The molecule has 174 valence electrons. The first-order valence-corrected chi connectivity index (χ1v) is 11.0. The van der Waals surface area contributed by atoms with E-state index in [-0.39, 0.29) is 47.4 Å². The topological polar surface area (TPSA) is 69.7 Å². The number of piperazine rings is 1. The molecule has 0 aromatic heterocycles. The fourth-order valence-corrected chi connectivity index (χ4v) is 4.25. The second-order valence-electron chi connectivity index (χ2n) is 9.60. The second-order valence-corrected chi connectivity index (χ2v) is 9.97. The van der Waals surface area contributed by atoms with Gasteiger partial charge in [-0.25, -0.2) is 8.78 Å². The van der Waals surface area contributed by atoms with Crippen LogP contribution in [0, 0.1) is 17.0 Å². The first-order valence-electron chi connectivity index (χ1n) is 10.6. The third-order valence-electron chi connectivity index (χ3n) is 5.80. The number of carbonyl (C=O) groups is 3. The summed E-state index contributed by atoms with van der Waals surface area (Å²) < 4.78 is 27.9. The Morgan fingerprint density at radius 3 is 2.39 bits per heavy atom. The molecular weight excluding hydrogens is 452 g/mol. The first-order chi connectivity index (χ1) is 15.4. The van der Waals surface area contributed by atoms with Crippen molar-refractivity contribution in [1.82, 2.24) is 9.80 Å². The maximum absolute atomic E-state index is 13.9. The van der Waals surface area contributed by atoms with Crippen LogP contribution >= 0.6 is 11.6 Å². The highest BCUT2D eigenvalue weighted by molar-refractivity contribution is 6.31. The number of hydrogen-bond donors (Lipinski definition) is 1. The van der Waals surface area contributed by atoms with Crippen molar-refractivity contribution in [3.63, 3.8) is 0 Å². The molecule has 2 aliphatic rings. The van der Waals surface area contributed by atoms with Gasteiger partial charge < -0.3 is 15.1 Å². The number of benzene rings is 2. The van der Waals surface area contributed by atoms with Crippen LogP contribution in [-0.2, 0) is 9.59 Å². The highest BCUT2D eigenvalue weighted by Crippen LogP contribution is 2.32. The Morgan fingerprint density at radius 1 is 1.09 bits per heavy atom. The van der Waals surface area contributed by atoms with Gasteiger partial charge in [0.25, 0.3) is 5.91 Å². The van der Waals surface area contributed by atoms with E-state index in [0.29, 0.717) is 24.2 Å². The van der Waals surface area contributed by atoms with Crippen molar-refractivity contribution in [2.75, 3.05) is 25.0 Å². The van der Waals surface area contributed by atoms with Crippen molar-refractivity contribution in [3.8, 4) is 11.1 Å². The molecule has 1 N–H and O–H groups in total. The Labute approximate surface area is 195 Å². The van der Waals surface area contributed by atoms with Gasteiger partial charge in [0, 0.05) is 19.5 Å². The minimum Gasteiger partial charge on any atom is -0.338 e. The molecular formula is C24H24ClF2N3O3. The van der Waals surface area contributed by atoms with Crippen LogP contribution < -0.4 is 5.32 Å². The van der Waals surface area contributed by atoms with E-state index in [4.69, 9.17) is 11.6 Å². The van der Waals surface area contributed by atoms with Crippen molar-refractivity contribution in [1.29, 1.82) is 0 Å². The van der Waals surface area contributed by atoms with Gasteiger partial charge in [0.2, 0.25) is 11.8 Å². The molecule has 3 amide bonds. The molecule has 33 heavy (non-hydrogen) atoms. The van der Waals surface area contributed by atoms with Crippen molar-refractivity contribution < 1.29 is 23.2 Å². The molecule has 1 unspecified atom stereocenters. The molecule has 6 nitrogen and oxygen atoms in total. The molecule has 9 heteroatoms. The molecule has 1 atom stereocenters. The lowest BCUT2D eigenvalue weighted by atomic mass is 9.91. The second kappa shape index (κ2) is 8.41. The number of hydrogen-bond acceptors (Lipinski definition) is 3. The van der Waals surface area contributed by atoms with Crippen LogP contribution in [0.5, 0.6) is 0 Å². The smallest absolute Gasteiger partial charge is 0.256 e. The Balaban J connectivity index is 1.63. The van der Waals surface area contributed by atoms with Gasteiger partial charge in [-0.15, -0.1) is 0 Å². The molecule has 2 aromatic carbocycles. The van der Waals surface area contributed by atoms with Crippen LogP contribution in [0.25, 0.3) is 11.1 Å². The minimum atomic E-state index is -0.905. The van der Waals surface area contributed by atoms with Gasteiger partial charge in [0.15, 0.2) is 0 Å². The summed E-state index contributed by atoms with van der Waals surface area (Å²) in [5.41, 5.74) is 0.959. The van der Waals surface area contributed by atoms with Crippen LogP contribution in [0.15, 0.2) is 30.3 Å². The highest BCUT2D eigenvalue weighted by Gasteiger charge is 2.40. The predicted molar refractivity (Wildman–Crippen MR) is 121 cm³/mol. The predicted octanol–water partition coefficient (Wildman–Crippen LogP) is 4.33. The number of fused-ring (bicyclic) bond motifs is 2. The molecule has 2 aromatic rings. The number of rotatable bonds is 2. The van der Waals surface area contributed by atoms with E-state index in [1.54, 1.807) is 11.0 Å². The molecule has 0 spiro atoms.